The molecule has 0 aromatic rings. The molecule has 50 valence electrons. The molecule has 0 bridgehead atoms. The van der Waals surface area contributed by atoms with E-state index in [1.807, 2.05) is 6.92 Å². The normalized spacial score (nSPS) is 8.75. The van der Waals surface area contributed by atoms with E-state index in [0.717, 1.165) is 12.1 Å². The average Bonchev–Trinajstić information content (AvgIpc) is 1.83. The van der Waals surface area contributed by atoms with Crippen LogP contribution in [0.4, 0.5) is 0 Å². The lowest BCUT2D eigenvalue weighted by Gasteiger charge is -2.02. The van der Waals surface area contributed by atoms with E-state index >= 15 is 0 Å². The van der Waals surface area contributed by atoms with Crippen LogP contribution in [0.3, 0.4) is 0 Å². The van der Waals surface area contributed by atoms with Gasteiger partial charge in [0.1, 0.15) is 0 Å². The first kappa shape index (κ1) is 7.50. The Bertz CT molecular complexity index is 75.5. The zero-order chi connectivity index (χ0) is 6.41. The topological polar surface area (TPSA) is 32.3 Å². The lowest BCUT2D eigenvalue weighted by molar-refractivity contribution is 0.296. The van der Waals surface area contributed by atoms with Gasteiger partial charge in [-0.3, -0.25) is 0 Å². The van der Waals surface area contributed by atoms with E-state index in [1.165, 1.54) is 0 Å². The molecule has 0 fully saturated rings. The van der Waals surface area contributed by atoms with Gasteiger partial charge in [-0.05, 0) is 6.42 Å². The van der Waals surface area contributed by atoms with Gasteiger partial charge in [0.05, 0.1) is 6.61 Å². The molecule has 2 N–H and O–H groups in total. The molecule has 0 aromatic heterocycles. The van der Waals surface area contributed by atoms with Crippen molar-refractivity contribution in [2.24, 2.45) is 0 Å². The second kappa shape index (κ2) is 4.65. The van der Waals surface area contributed by atoms with Crippen LogP contribution in [-0.4, -0.2) is 18.3 Å². The van der Waals surface area contributed by atoms with Crippen molar-refractivity contribution < 1.29 is 6.53 Å². The number of aliphatic hydroxyl groups excluding tert-OH is 1. The summed E-state index contributed by atoms with van der Waals surface area (Å²) in [7, 11) is 0. The maximum atomic E-state index is 8.31. The largest absolute Gasteiger partial charge is 0.395 e. The van der Waals surface area contributed by atoms with Crippen molar-refractivity contribution in [1.29, 1.82) is 0 Å². The fourth-order valence-corrected chi connectivity index (χ4v) is 0.358. The Labute approximate surface area is 51.7 Å². The molecule has 2 nitrogen and oxygen atoms in total. The van der Waals surface area contributed by atoms with Gasteiger partial charge in [0.15, 0.2) is 0 Å². The Morgan fingerprint density at radius 3 is 2.88 bits per heavy atom. The lowest BCUT2D eigenvalue weighted by Crippen LogP contribution is -2.15. The van der Waals surface area contributed by atoms with Crippen LogP contribution in [0.1, 0.15) is 14.8 Å². The Morgan fingerprint density at radius 2 is 2.50 bits per heavy atom. The Balaban J connectivity index is 0. The average molecular weight is 117 g/mol. The summed E-state index contributed by atoms with van der Waals surface area (Å²) in [6.45, 7) is 6.51. The third-order valence-corrected chi connectivity index (χ3v) is 0.914. The van der Waals surface area contributed by atoms with Crippen LogP contribution in [0.25, 0.3) is 0 Å². The van der Waals surface area contributed by atoms with Gasteiger partial charge in [-0.15, -0.1) is 0 Å². The number of allylic oxidation sites excluding steroid dienone is 1. The van der Waals surface area contributed by atoms with Gasteiger partial charge in [0.25, 0.3) is 0 Å². The number of nitrogens with one attached hydrogen (secondary N) is 1. The van der Waals surface area contributed by atoms with Crippen molar-refractivity contribution >= 4 is 0 Å². The third-order valence-electron chi connectivity index (χ3n) is 0.914. The number of aliphatic hydroxyl groups is 1. The van der Waals surface area contributed by atoms with Crippen LogP contribution in [0.2, 0.25) is 0 Å². The van der Waals surface area contributed by atoms with Crippen LogP contribution < -0.4 is 5.32 Å². The molecule has 0 amide bonds. The van der Waals surface area contributed by atoms with E-state index in [9.17, 15) is 0 Å². The SMILES string of the molecule is C=C(CC)NCCO.[HH]. The van der Waals surface area contributed by atoms with Crippen molar-refractivity contribution in [2.75, 3.05) is 13.2 Å². The van der Waals surface area contributed by atoms with Crippen LogP contribution in [0, 0.1) is 0 Å². The molecule has 0 saturated heterocycles. The minimum absolute atomic E-state index is 0. The van der Waals surface area contributed by atoms with Crippen molar-refractivity contribution in [2.45, 2.75) is 13.3 Å². The van der Waals surface area contributed by atoms with E-state index in [0.29, 0.717) is 6.54 Å². The molecule has 0 aromatic carbocycles. The van der Waals surface area contributed by atoms with E-state index in [1.54, 1.807) is 0 Å². The highest BCUT2D eigenvalue weighted by molar-refractivity contribution is 4.88. The van der Waals surface area contributed by atoms with Gasteiger partial charge in [0.2, 0.25) is 0 Å². The second-order valence-electron chi connectivity index (χ2n) is 1.61. The fourth-order valence-electron chi connectivity index (χ4n) is 0.358. The smallest absolute Gasteiger partial charge is 0.0603 e. The van der Waals surface area contributed by atoms with Gasteiger partial charge in [-0.1, -0.05) is 13.5 Å². The molecule has 2 heteroatoms. The summed E-state index contributed by atoms with van der Waals surface area (Å²) >= 11 is 0. The number of hydrogen-bond acceptors (Lipinski definition) is 2. The van der Waals surface area contributed by atoms with Gasteiger partial charge in [-0.2, -0.15) is 0 Å². The molecule has 0 saturated carbocycles. The minimum Gasteiger partial charge on any atom is -0.395 e. The molecular weight excluding hydrogens is 102 g/mol. The van der Waals surface area contributed by atoms with E-state index in [2.05, 4.69) is 11.9 Å². The molecular formula is C6H15NO. The Morgan fingerprint density at radius 1 is 1.88 bits per heavy atom. The summed E-state index contributed by atoms with van der Waals surface area (Å²) in [4.78, 5) is 0. The standard InChI is InChI=1S/C6H13NO.H2/c1-3-6(2)7-4-5-8;/h7-8H,2-5H2,1H3;1H. The van der Waals surface area contributed by atoms with E-state index < -0.39 is 0 Å². The summed E-state index contributed by atoms with van der Waals surface area (Å²) in [5.41, 5.74) is 0.985. The molecule has 0 aliphatic rings. The molecule has 0 heterocycles. The summed E-state index contributed by atoms with van der Waals surface area (Å²) in [5.74, 6) is 0. The van der Waals surface area contributed by atoms with Crippen LogP contribution in [0.15, 0.2) is 12.3 Å². The first-order valence-corrected chi connectivity index (χ1v) is 2.83. The molecule has 0 aliphatic carbocycles. The number of hydrogen-bond donors (Lipinski definition) is 2. The predicted octanol–water partition coefficient (Wildman–Crippen LogP) is 0.738. The van der Waals surface area contributed by atoms with Crippen LogP contribution in [0.5, 0.6) is 0 Å². The molecule has 0 radical (unpaired) electrons. The molecule has 0 rings (SSSR count). The monoisotopic (exact) mass is 117 g/mol. The highest BCUT2D eigenvalue weighted by atomic mass is 16.3. The highest BCUT2D eigenvalue weighted by Crippen LogP contribution is 1.86. The van der Waals surface area contributed by atoms with Crippen LogP contribution in [-0.2, 0) is 0 Å². The molecule has 0 atom stereocenters. The minimum atomic E-state index is 0. The third kappa shape index (κ3) is 3.68. The fraction of sp³-hybridized carbons (Fsp3) is 0.667. The van der Waals surface area contributed by atoms with Gasteiger partial charge < -0.3 is 10.4 Å². The van der Waals surface area contributed by atoms with Crippen molar-refractivity contribution in [1.82, 2.24) is 5.32 Å². The predicted molar refractivity (Wildman–Crippen MR) is 36.6 cm³/mol. The van der Waals surface area contributed by atoms with Crippen molar-refractivity contribution in [3.63, 3.8) is 0 Å². The van der Waals surface area contributed by atoms with Gasteiger partial charge in [-0.25, -0.2) is 0 Å². The van der Waals surface area contributed by atoms with Crippen molar-refractivity contribution in [3.05, 3.63) is 12.3 Å². The molecule has 0 spiro atoms. The van der Waals surface area contributed by atoms with Gasteiger partial charge in [0, 0.05) is 13.7 Å². The highest BCUT2D eigenvalue weighted by Gasteiger charge is 1.83. The summed E-state index contributed by atoms with van der Waals surface area (Å²) in [6.07, 6.45) is 0.931. The first-order chi connectivity index (χ1) is 3.81. The lowest BCUT2D eigenvalue weighted by atomic mass is 10.4. The van der Waals surface area contributed by atoms with Gasteiger partial charge >= 0.3 is 0 Å². The van der Waals surface area contributed by atoms with E-state index in [4.69, 9.17) is 5.11 Å². The van der Waals surface area contributed by atoms with E-state index in [-0.39, 0.29) is 8.03 Å². The molecule has 0 aliphatic heterocycles. The second-order valence-corrected chi connectivity index (χ2v) is 1.61. The van der Waals surface area contributed by atoms with Crippen LogP contribution >= 0.6 is 0 Å². The van der Waals surface area contributed by atoms with Crippen molar-refractivity contribution in [3.8, 4) is 0 Å². The first-order valence-electron chi connectivity index (χ1n) is 2.83. The zero-order valence-corrected chi connectivity index (χ0v) is 5.28. The number of rotatable bonds is 4. The summed E-state index contributed by atoms with van der Waals surface area (Å²) < 4.78 is 0. The maximum Gasteiger partial charge on any atom is 0.0603 e. The Kier molecular flexibility index (Phi) is 4.36. The summed E-state index contributed by atoms with van der Waals surface area (Å²) in [5, 5.41) is 11.2. The Hall–Kier alpha value is -0.500. The molecule has 0 unspecified atom stereocenters. The molecule has 8 heavy (non-hydrogen) atoms. The summed E-state index contributed by atoms with van der Waals surface area (Å²) in [6, 6.07) is 0. The quantitative estimate of drug-likeness (QED) is 0.569. The zero-order valence-electron chi connectivity index (χ0n) is 5.28. The maximum absolute atomic E-state index is 8.31.